The van der Waals surface area contributed by atoms with Crippen LogP contribution in [-0.2, 0) is 13.6 Å². The summed E-state index contributed by atoms with van der Waals surface area (Å²) in [7, 11) is 1.91. The van der Waals surface area contributed by atoms with Crippen molar-refractivity contribution in [2.24, 2.45) is 7.05 Å². The third-order valence-electron chi connectivity index (χ3n) is 1.92. The van der Waals surface area contributed by atoms with Crippen LogP contribution < -0.4 is 5.32 Å². The van der Waals surface area contributed by atoms with E-state index in [2.05, 4.69) is 15.4 Å². The lowest BCUT2D eigenvalue weighted by molar-refractivity contribution is 0.747. The maximum absolute atomic E-state index is 4.26. The van der Waals surface area contributed by atoms with Gasteiger partial charge in [-0.25, -0.2) is 0 Å². The lowest BCUT2D eigenvalue weighted by Gasteiger charge is -2.02. The van der Waals surface area contributed by atoms with E-state index in [4.69, 9.17) is 0 Å². The summed E-state index contributed by atoms with van der Waals surface area (Å²) in [5, 5.41) is 7.52. The fraction of sp³-hybridized carbons (Fsp3) is 0.200. The molecule has 4 nitrogen and oxygen atoms in total. The number of aryl methyl sites for hydroxylation is 1. The zero-order chi connectivity index (χ0) is 9.80. The van der Waals surface area contributed by atoms with Crippen molar-refractivity contribution >= 4 is 5.69 Å². The fourth-order valence-electron chi connectivity index (χ4n) is 1.22. The Hall–Kier alpha value is -1.84. The number of nitrogens with zero attached hydrogens (tertiary/aromatic N) is 3. The second-order valence-electron chi connectivity index (χ2n) is 3.07. The molecule has 0 radical (unpaired) electrons. The van der Waals surface area contributed by atoms with Crippen molar-refractivity contribution in [3.05, 3.63) is 42.5 Å². The van der Waals surface area contributed by atoms with E-state index in [1.54, 1.807) is 17.1 Å². The average Bonchev–Trinajstić information content (AvgIpc) is 2.63. The average molecular weight is 188 g/mol. The topological polar surface area (TPSA) is 42.7 Å². The number of hydrogen-bond acceptors (Lipinski definition) is 3. The molecule has 0 aliphatic rings. The van der Waals surface area contributed by atoms with Crippen molar-refractivity contribution in [3.8, 4) is 0 Å². The molecule has 0 bridgehead atoms. The Morgan fingerprint density at radius 1 is 1.29 bits per heavy atom. The van der Waals surface area contributed by atoms with Crippen LogP contribution in [0.3, 0.4) is 0 Å². The zero-order valence-electron chi connectivity index (χ0n) is 8.01. The van der Waals surface area contributed by atoms with Crippen LogP contribution in [0.5, 0.6) is 0 Å². The van der Waals surface area contributed by atoms with Crippen molar-refractivity contribution in [1.82, 2.24) is 14.8 Å². The summed E-state index contributed by atoms with van der Waals surface area (Å²) in [6.45, 7) is 0.741. The molecule has 0 unspecified atom stereocenters. The normalized spacial score (nSPS) is 10.1. The summed E-state index contributed by atoms with van der Waals surface area (Å²) in [6, 6.07) is 5.86. The highest BCUT2D eigenvalue weighted by Crippen LogP contribution is 2.05. The van der Waals surface area contributed by atoms with Crippen molar-refractivity contribution in [2.45, 2.75) is 6.54 Å². The number of pyridine rings is 1. The first-order valence-electron chi connectivity index (χ1n) is 4.47. The summed E-state index contributed by atoms with van der Waals surface area (Å²) >= 11 is 0. The Balaban J connectivity index is 1.95. The minimum atomic E-state index is 0.741. The van der Waals surface area contributed by atoms with Crippen LogP contribution in [0.2, 0.25) is 0 Å². The van der Waals surface area contributed by atoms with Gasteiger partial charge in [0.25, 0.3) is 0 Å². The van der Waals surface area contributed by atoms with Crippen LogP contribution in [0, 0.1) is 0 Å². The van der Waals surface area contributed by atoms with E-state index in [0.29, 0.717) is 0 Å². The molecule has 2 aromatic heterocycles. The molecule has 0 saturated heterocycles. The maximum Gasteiger partial charge on any atom is 0.0815 e. The third kappa shape index (κ3) is 2.10. The first-order chi connectivity index (χ1) is 6.84. The number of anilines is 1. The molecular weight excluding hydrogens is 176 g/mol. The van der Waals surface area contributed by atoms with Gasteiger partial charge >= 0.3 is 0 Å². The van der Waals surface area contributed by atoms with Crippen LogP contribution >= 0.6 is 0 Å². The molecule has 1 N–H and O–H groups in total. The van der Waals surface area contributed by atoms with Crippen molar-refractivity contribution in [3.63, 3.8) is 0 Å². The quantitative estimate of drug-likeness (QED) is 0.792. The summed E-state index contributed by atoms with van der Waals surface area (Å²) in [5.41, 5.74) is 2.09. The summed E-state index contributed by atoms with van der Waals surface area (Å²) in [5.74, 6) is 0. The van der Waals surface area contributed by atoms with Gasteiger partial charge in [-0.05, 0) is 18.2 Å². The molecule has 0 aromatic carbocycles. The van der Waals surface area contributed by atoms with Gasteiger partial charge < -0.3 is 5.32 Å². The van der Waals surface area contributed by atoms with E-state index in [1.165, 1.54) is 0 Å². The van der Waals surface area contributed by atoms with Crippen LogP contribution in [-0.4, -0.2) is 14.8 Å². The SMILES string of the molecule is Cn1ccc(CNc2ccncc2)n1. The van der Waals surface area contributed by atoms with Crippen LogP contribution in [0.25, 0.3) is 0 Å². The molecule has 4 heteroatoms. The van der Waals surface area contributed by atoms with Crippen molar-refractivity contribution in [1.29, 1.82) is 0 Å². The third-order valence-corrected chi connectivity index (χ3v) is 1.92. The van der Waals surface area contributed by atoms with Gasteiger partial charge in [-0.2, -0.15) is 5.10 Å². The summed E-state index contributed by atoms with van der Waals surface area (Å²) in [4.78, 5) is 3.94. The highest BCUT2D eigenvalue weighted by Gasteiger charge is 1.95. The zero-order valence-corrected chi connectivity index (χ0v) is 8.01. The number of aromatic nitrogens is 3. The second kappa shape index (κ2) is 3.91. The van der Waals surface area contributed by atoms with E-state index < -0.39 is 0 Å². The highest BCUT2D eigenvalue weighted by atomic mass is 15.3. The Bertz CT molecular complexity index is 394. The molecule has 2 rings (SSSR count). The van der Waals surface area contributed by atoms with E-state index >= 15 is 0 Å². The molecule has 0 aliphatic carbocycles. The molecule has 0 atom stereocenters. The standard InChI is InChI=1S/C10H12N4/c1-14-7-4-10(13-14)8-12-9-2-5-11-6-3-9/h2-7H,8H2,1H3,(H,11,12). The number of hydrogen-bond donors (Lipinski definition) is 1. The lowest BCUT2D eigenvalue weighted by atomic mass is 10.4. The summed E-state index contributed by atoms with van der Waals surface area (Å²) < 4.78 is 1.80. The predicted molar refractivity (Wildman–Crippen MR) is 54.8 cm³/mol. The Labute approximate surface area is 82.6 Å². The minimum Gasteiger partial charge on any atom is -0.379 e. The van der Waals surface area contributed by atoms with Gasteiger partial charge in [-0.3, -0.25) is 9.67 Å². The van der Waals surface area contributed by atoms with Crippen LogP contribution in [0.4, 0.5) is 5.69 Å². The molecule has 0 amide bonds. The lowest BCUT2D eigenvalue weighted by Crippen LogP contribution is -2.00. The van der Waals surface area contributed by atoms with Gasteiger partial charge in [0.15, 0.2) is 0 Å². The van der Waals surface area contributed by atoms with E-state index in [9.17, 15) is 0 Å². The number of nitrogens with one attached hydrogen (secondary N) is 1. The smallest absolute Gasteiger partial charge is 0.0815 e. The Morgan fingerprint density at radius 2 is 2.07 bits per heavy atom. The van der Waals surface area contributed by atoms with Crippen LogP contribution in [0.1, 0.15) is 5.69 Å². The van der Waals surface area contributed by atoms with Crippen molar-refractivity contribution < 1.29 is 0 Å². The molecule has 0 spiro atoms. The van der Waals surface area contributed by atoms with Gasteiger partial charge in [0, 0.05) is 31.3 Å². The molecule has 0 fully saturated rings. The predicted octanol–water partition coefficient (Wildman–Crippen LogP) is 1.43. The largest absolute Gasteiger partial charge is 0.379 e. The second-order valence-corrected chi connectivity index (χ2v) is 3.07. The molecule has 14 heavy (non-hydrogen) atoms. The van der Waals surface area contributed by atoms with Crippen molar-refractivity contribution in [2.75, 3.05) is 5.32 Å². The Morgan fingerprint density at radius 3 is 2.71 bits per heavy atom. The first kappa shape index (κ1) is 8.74. The molecule has 72 valence electrons. The van der Waals surface area contributed by atoms with Gasteiger partial charge in [0.05, 0.1) is 12.2 Å². The highest BCUT2D eigenvalue weighted by molar-refractivity contribution is 5.40. The van der Waals surface area contributed by atoms with E-state index in [0.717, 1.165) is 17.9 Å². The minimum absolute atomic E-state index is 0.741. The van der Waals surface area contributed by atoms with Gasteiger partial charge in [-0.1, -0.05) is 0 Å². The van der Waals surface area contributed by atoms with E-state index in [1.807, 2.05) is 31.4 Å². The van der Waals surface area contributed by atoms with Crippen LogP contribution in [0.15, 0.2) is 36.8 Å². The van der Waals surface area contributed by atoms with Gasteiger partial charge in [0.1, 0.15) is 0 Å². The fourth-order valence-corrected chi connectivity index (χ4v) is 1.22. The number of rotatable bonds is 3. The van der Waals surface area contributed by atoms with Gasteiger partial charge in [0.2, 0.25) is 0 Å². The molecule has 2 heterocycles. The molecule has 0 aliphatic heterocycles. The molecule has 0 saturated carbocycles. The van der Waals surface area contributed by atoms with Gasteiger partial charge in [-0.15, -0.1) is 0 Å². The molecular formula is C10H12N4. The maximum atomic E-state index is 4.26. The van der Waals surface area contributed by atoms with E-state index in [-0.39, 0.29) is 0 Å². The Kier molecular flexibility index (Phi) is 2.44. The first-order valence-corrected chi connectivity index (χ1v) is 4.47. The summed E-state index contributed by atoms with van der Waals surface area (Å²) in [6.07, 6.45) is 5.46. The monoisotopic (exact) mass is 188 g/mol. The molecule has 2 aromatic rings.